The number of anilines is 1. The molecule has 0 saturated carbocycles. The lowest BCUT2D eigenvalue weighted by Crippen LogP contribution is -2.59. The molecular weight excluding hydrogens is 548 g/mol. The molecule has 1 aliphatic rings. The van der Waals surface area contributed by atoms with Crippen LogP contribution in [0.3, 0.4) is 0 Å². The van der Waals surface area contributed by atoms with E-state index < -0.39 is 34.9 Å². The highest BCUT2D eigenvalue weighted by Crippen LogP contribution is 2.40. The second-order valence-electron chi connectivity index (χ2n) is 11.4. The Labute approximate surface area is 252 Å². The van der Waals surface area contributed by atoms with E-state index in [1.807, 2.05) is 101 Å². The summed E-state index contributed by atoms with van der Waals surface area (Å²) >= 11 is 1.48. The molecule has 222 valence electrons. The number of thioether (sulfide) groups is 1. The number of benzene rings is 3. The van der Waals surface area contributed by atoms with Crippen LogP contribution in [0.5, 0.6) is 0 Å². The average Bonchev–Trinajstić information content (AvgIpc) is 3.28. The summed E-state index contributed by atoms with van der Waals surface area (Å²) < 4.78 is -0.575. The maximum absolute atomic E-state index is 13.8. The van der Waals surface area contributed by atoms with Crippen molar-refractivity contribution in [3.63, 3.8) is 0 Å². The molecule has 8 nitrogen and oxygen atoms in total. The molecule has 1 heterocycles. The maximum Gasteiger partial charge on any atom is 0.319 e. The summed E-state index contributed by atoms with van der Waals surface area (Å²) in [5.74, 6) is -0.636. The summed E-state index contributed by atoms with van der Waals surface area (Å²) in [5, 5.41) is 20.1. The number of aryl methyl sites for hydroxylation is 3. The van der Waals surface area contributed by atoms with Crippen LogP contribution in [-0.4, -0.2) is 56.7 Å². The van der Waals surface area contributed by atoms with Crippen molar-refractivity contribution in [1.82, 2.24) is 15.5 Å². The fourth-order valence-electron chi connectivity index (χ4n) is 5.11. The predicted molar refractivity (Wildman–Crippen MR) is 168 cm³/mol. The molecule has 3 atom stereocenters. The van der Waals surface area contributed by atoms with Crippen LogP contribution in [0, 0.1) is 20.8 Å². The van der Waals surface area contributed by atoms with E-state index in [9.17, 15) is 19.5 Å². The predicted octanol–water partition coefficient (Wildman–Crippen LogP) is 4.70. The number of rotatable bonds is 9. The summed E-state index contributed by atoms with van der Waals surface area (Å²) in [6, 6.07) is 20.5. The Morgan fingerprint density at radius 2 is 1.64 bits per heavy atom. The van der Waals surface area contributed by atoms with E-state index >= 15 is 0 Å². The van der Waals surface area contributed by atoms with Crippen molar-refractivity contribution in [1.29, 1.82) is 0 Å². The number of hydrogen-bond acceptors (Lipinski definition) is 5. The van der Waals surface area contributed by atoms with E-state index in [4.69, 9.17) is 0 Å². The molecule has 3 aromatic rings. The second kappa shape index (κ2) is 13.4. The summed E-state index contributed by atoms with van der Waals surface area (Å²) in [4.78, 5) is 41.8. The van der Waals surface area contributed by atoms with Gasteiger partial charge in [-0.3, -0.25) is 9.59 Å². The van der Waals surface area contributed by atoms with Crippen LogP contribution in [0.25, 0.3) is 0 Å². The van der Waals surface area contributed by atoms with Gasteiger partial charge in [0.15, 0.2) is 6.10 Å². The zero-order valence-electron chi connectivity index (χ0n) is 24.8. The Morgan fingerprint density at radius 3 is 2.33 bits per heavy atom. The Morgan fingerprint density at radius 1 is 0.952 bits per heavy atom. The van der Waals surface area contributed by atoms with Crippen molar-refractivity contribution in [2.24, 2.45) is 0 Å². The van der Waals surface area contributed by atoms with Gasteiger partial charge in [0.2, 0.25) is 5.91 Å². The third-order valence-corrected chi connectivity index (χ3v) is 9.18. The number of carbonyl (C=O) groups is 3. The highest BCUT2D eigenvalue weighted by atomic mass is 32.2. The van der Waals surface area contributed by atoms with E-state index in [1.165, 1.54) is 16.7 Å². The highest BCUT2D eigenvalue weighted by molar-refractivity contribution is 8.00. The first-order chi connectivity index (χ1) is 20.0. The minimum atomic E-state index is -1.57. The van der Waals surface area contributed by atoms with Crippen molar-refractivity contribution in [2.45, 2.75) is 70.5 Å². The molecular formula is C33H40N4O4S. The number of carbonyl (C=O) groups excluding carboxylic acids is 3. The lowest BCUT2D eigenvalue weighted by Gasteiger charge is -2.33. The van der Waals surface area contributed by atoms with Crippen LogP contribution in [0.4, 0.5) is 10.5 Å². The van der Waals surface area contributed by atoms with E-state index in [0.717, 1.165) is 27.8 Å². The van der Waals surface area contributed by atoms with Gasteiger partial charge >= 0.3 is 6.03 Å². The van der Waals surface area contributed by atoms with Gasteiger partial charge in [-0.05, 0) is 81.0 Å². The topological polar surface area (TPSA) is 111 Å². The van der Waals surface area contributed by atoms with E-state index in [0.29, 0.717) is 12.2 Å². The first-order valence-corrected chi connectivity index (χ1v) is 15.1. The maximum atomic E-state index is 13.8. The van der Waals surface area contributed by atoms with Crippen molar-refractivity contribution < 1.29 is 19.5 Å². The number of nitrogens with one attached hydrogen (secondary N) is 3. The van der Waals surface area contributed by atoms with Gasteiger partial charge in [-0.15, -0.1) is 11.8 Å². The van der Waals surface area contributed by atoms with Gasteiger partial charge in [0.1, 0.15) is 6.04 Å². The molecule has 0 bridgehead atoms. The van der Waals surface area contributed by atoms with Crippen LogP contribution >= 0.6 is 11.8 Å². The molecule has 0 aromatic heterocycles. The first-order valence-electron chi connectivity index (χ1n) is 14.1. The lowest BCUT2D eigenvalue weighted by molar-refractivity contribution is -0.147. The van der Waals surface area contributed by atoms with Crippen molar-refractivity contribution >= 4 is 35.3 Å². The Hall–Kier alpha value is -3.82. The van der Waals surface area contributed by atoms with Crippen LogP contribution in [0.1, 0.15) is 41.7 Å². The third-order valence-electron chi connectivity index (χ3n) is 7.81. The molecule has 1 fully saturated rings. The molecule has 0 unspecified atom stereocenters. The number of aliphatic hydroxyl groups is 1. The zero-order chi connectivity index (χ0) is 30.4. The first kappa shape index (κ1) is 31.1. The molecule has 0 spiro atoms. The minimum Gasteiger partial charge on any atom is -0.381 e. The quantitative estimate of drug-likeness (QED) is 0.290. The molecule has 1 aliphatic heterocycles. The van der Waals surface area contributed by atoms with Crippen LogP contribution in [0.2, 0.25) is 0 Å². The van der Waals surface area contributed by atoms with Crippen LogP contribution < -0.4 is 16.0 Å². The third kappa shape index (κ3) is 7.52. The number of hydrogen-bond donors (Lipinski definition) is 4. The Bertz CT molecular complexity index is 1430. The van der Waals surface area contributed by atoms with Gasteiger partial charge in [-0.25, -0.2) is 4.79 Å². The van der Waals surface area contributed by atoms with Crippen LogP contribution in [0.15, 0.2) is 72.8 Å². The van der Waals surface area contributed by atoms with Crippen molar-refractivity contribution in [3.05, 3.63) is 101 Å². The second-order valence-corrected chi connectivity index (χ2v) is 13.0. The number of amides is 4. The SMILES string of the molecule is Cc1ccc(NC(=O)N[C@@H](Cc2ccccc2)[C@H](O)C(=O)N2CSC(C)(C)[C@H]2C(=O)NCc2ccccc2C)cc1C. The standard InChI is InChI=1S/C33H40N4O4S/c1-21-15-16-26(17-23(21)3)35-32(41)36-27(18-24-12-7-6-8-13-24)28(38)31(40)37-20-42-33(4,5)29(37)30(39)34-19-25-14-10-9-11-22(25)2/h6-17,27-29,38H,18-20H2,1-5H3,(H,34,39)(H2,35,36,41)/t27-,28-,29+/m0/s1. The Kier molecular flexibility index (Phi) is 9.96. The van der Waals surface area contributed by atoms with E-state index in [1.54, 1.807) is 6.07 Å². The Balaban J connectivity index is 1.51. The fraction of sp³-hybridized carbons (Fsp3) is 0.364. The van der Waals surface area contributed by atoms with Gasteiger partial charge in [0.05, 0.1) is 11.9 Å². The minimum absolute atomic E-state index is 0.225. The molecule has 1 saturated heterocycles. The van der Waals surface area contributed by atoms with Crippen molar-refractivity contribution in [3.8, 4) is 0 Å². The smallest absolute Gasteiger partial charge is 0.319 e. The van der Waals surface area contributed by atoms with Crippen molar-refractivity contribution in [2.75, 3.05) is 11.2 Å². The zero-order valence-corrected chi connectivity index (χ0v) is 25.6. The highest BCUT2D eigenvalue weighted by Gasteiger charge is 2.49. The number of nitrogens with zero attached hydrogens (tertiary/aromatic N) is 1. The summed E-state index contributed by atoms with van der Waals surface area (Å²) in [6.45, 7) is 10.1. The molecule has 0 aliphatic carbocycles. The summed E-state index contributed by atoms with van der Waals surface area (Å²) in [6.07, 6.45) is -1.35. The monoisotopic (exact) mass is 588 g/mol. The molecule has 0 radical (unpaired) electrons. The van der Waals surface area contributed by atoms with Gasteiger partial charge < -0.3 is 26.0 Å². The molecule has 4 rings (SSSR count). The van der Waals surface area contributed by atoms with Gasteiger partial charge in [-0.2, -0.15) is 0 Å². The normalized spacial score (nSPS) is 17.3. The van der Waals surface area contributed by atoms with Gasteiger partial charge in [-0.1, -0.05) is 60.7 Å². The fourth-order valence-corrected chi connectivity index (χ4v) is 6.25. The largest absolute Gasteiger partial charge is 0.381 e. The van der Waals surface area contributed by atoms with Gasteiger partial charge in [0.25, 0.3) is 5.91 Å². The van der Waals surface area contributed by atoms with E-state index in [2.05, 4.69) is 16.0 Å². The number of aliphatic hydroxyl groups excluding tert-OH is 1. The number of urea groups is 1. The molecule has 4 amide bonds. The van der Waals surface area contributed by atoms with E-state index in [-0.39, 0.29) is 18.2 Å². The molecule has 9 heteroatoms. The molecule has 42 heavy (non-hydrogen) atoms. The summed E-state index contributed by atoms with van der Waals surface area (Å²) in [5.41, 5.74) is 5.66. The molecule has 3 aromatic carbocycles. The van der Waals surface area contributed by atoms with Crippen LogP contribution in [-0.2, 0) is 22.6 Å². The summed E-state index contributed by atoms with van der Waals surface area (Å²) in [7, 11) is 0. The van der Waals surface area contributed by atoms with Gasteiger partial charge in [0, 0.05) is 17.0 Å². The molecule has 4 N–H and O–H groups in total. The average molecular weight is 589 g/mol. The lowest BCUT2D eigenvalue weighted by atomic mass is 9.97.